The molecule has 1 aliphatic heterocycles. The van der Waals surface area contributed by atoms with Gasteiger partial charge >= 0.3 is 6.03 Å². The SMILES string of the molecule is CCN(C)C(=O)N1CCc2ncnc(Nc3nc(C(C)C)cs3)c2C1. The first-order valence-electron chi connectivity index (χ1n) is 8.54. The highest BCUT2D eigenvalue weighted by atomic mass is 32.1. The van der Waals surface area contributed by atoms with Crippen molar-refractivity contribution in [3.05, 3.63) is 28.7 Å². The van der Waals surface area contributed by atoms with Gasteiger partial charge in [0.2, 0.25) is 0 Å². The molecule has 0 fully saturated rings. The van der Waals surface area contributed by atoms with E-state index < -0.39 is 0 Å². The number of anilines is 2. The molecular weight excluding hydrogens is 336 g/mol. The minimum atomic E-state index is 0.0410. The van der Waals surface area contributed by atoms with Gasteiger partial charge in [-0.3, -0.25) is 0 Å². The number of urea groups is 1. The van der Waals surface area contributed by atoms with Gasteiger partial charge in [-0.05, 0) is 12.8 Å². The zero-order valence-corrected chi connectivity index (χ0v) is 15.9. The first-order valence-corrected chi connectivity index (χ1v) is 9.42. The molecule has 25 heavy (non-hydrogen) atoms. The molecule has 2 amide bonds. The highest BCUT2D eigenvalue weighted by molar-refractivity contribution is 7.13. The summed E-state index contributed by atoms with van der Waals surface area (Å²) in [5.41, 5.74) is 3.05. The molecule has 3 heterocycles. The second-order valence-corrected chi connectivity index (χ2v) is 7.33. The Labute approximate surface area is 152 Å². The van der Waals surface area contributed by atoms with E-state index in [0.29, 0.717) is 25.6 Å². The number of nitrogens with one attached hydrogen (secondary N) is 1. The van der Waals surface area contributed by atoms with E-state index in [1.165, 1.54) is 0 Å². The van der Waals surface area contributed by atoms with E-state index in [2.05, 4.69) is 39.5 Å². The Morgan fingerprint density at radius 1 is 1.44 bits per heavy atom. The van der Waals surface area contributed by atoms with Crippen LogP contribution in [-0.2, 0) is 13.0 Å². The lowest BCUT2D eigenvalue weighted by Crippen LogP contribution is -2.44. The van der Waals surface area contributed by atoms with Gasteiger partial charge < -0.3 is 15.1 Å². The van der Waals surface area contributed by atoms with Gasteiger partial charge in [0.25, 0.3) is 0 Å². The number of fused-ring (bicyclic) bond motifs is 1. The van der Waals surface area contributed by atoms with Gasteiger partial charge in [0, 0.05) is 37.5 Å². The summed E-state index contributed by atoms with van der Waals surface area (Å²) in [5.74, 6) is 1.13. The highest BCUT2D eigenvalue weighted by Gasteiger charge is 2.26. The topological polar surface area (TPSA) is 74.2 Å². The number of carbonyl (C=O) groups is 1. The molecule has 0 saturated carbocycles. The summed E-state index contributed by atoms with van der Waals surface area (Å²) in [4.78, 5) is 29.4. The van der Waals surface area contributed by atoms with Crippen LogP contribution < -0.4 is 5.32 Å². The van der Waals surface area contributed by atoms with E-state index in [-0.39, 0.29) is 6.03 Å². The Morgan fingerprint density at radius 3 is 2.92 bits per heavy atom. The lowest BCUT2D eigenvalue weighted by atomic mass is 10.1. The Balaban J connectivity index is 1.82. The first-order chi connectivity index (χ1) is 12.0. The molecule has 2 aromatic rings. The molecule has 0 unspecified atom stereocenters. The van der Waals surface area contributed by atoms with Crippen LogP contribution in [0, 0.1) is 0 Å². The number of rotatable bonds is 4. The van der Waals surface area contributed by atoms with Crippen molar-refractivity contribution in [2.24, 2.45) is 0 Å². The summed E-state index contributed by atoms with van der Waals surface area (Å²) in [6, 6.07) is 0.0410. The highest BCUT2D eigenvalue weighted by Crippen LogP contribution is 2.28. The Hall–Kier alpha value is -2.22. The van der Waals surface area contributed by atoms with E-state index in [1.807, 2.05) is 18.9 Å². The molecular formula is C17H24N6OS. The van der Waals surface area contributed by atoms with Crippen LogP contribution in [0.25, 0.3) is 0 Å². The molecule has 0 aromatic carbocycles. The quantitative estimate of drug-likeness (QED) is 0.906. The van der Waals surface area contributed by atoms with Crippen LogP contribution in [0.5, 0.6) is 0 Å². The van der Waals surface area contributed by atoms with Crippen LogP contribution in [0.3, 0.4) is 0 Å². The molecule has 1 aliphatic rings. The van der Waals surface area contributed by atoms with Crippen LogP contribution in [0.15, 0.2) is 11.7 Å². The van der Waals surface area contributed by atoms with Crippen molar-refractivity contribution in [3.8, 4) is 0 Å². The van der Waals surface area contributed by atoms with Crippen LogP contribution in [0.1, 0.15) is 43.6 Å². The van der Waals surface area contributed by atoms with E-state index in [0.717, 1.165) is 34.3 Å². The van der Waals surface area contributed by atoms with E-state index in [4.69, 9.17) is 0 Å². The van der Waals surface area contributed by atoms with Crippen LogP contribution in [-0.4, -0.2) is 50.9 Å². The number of amides is 2. The molecule has 3 rings (SSSR count). The van der Waals surface area contributed by atoms with E-state index in [9.17, 15) is 4.79 Å². The van der Waals surface area contributed by atoms with Crippen molar-refractivity contribution >= 4 is 28.3 Å². The molecule has 2 aromatic heterocycles. The lowest BCUT2D eigenvalue weighted by molar-refractivity contribution is 0.159. The minimum Gasteiger partial charge on any atom is -0.328 e. The second-order valence-electron chi connectivity index (χ2n) is 6.47. The molecule has 0 radical (unpaired) electrons. The van der Waals surface area contributed by atoms with E-state index >= 15 is 0 Å². The van der Waals surface area contributed by atoms with Gasteiger partial charge in [-0.25, -0.2) is 19.7 Å². The van der Waals surface area contributed by atoms with Gasteiger partial charge in [-0.1, -0.05) is 13.8 Å². The van der Waals surface area contributed by atoms with Crippen molar-refractivity contribution < 1.29 is 4.79 Å². The summed E-state index contributed by atoms with van der Waals surface area (Å²) in [6.07, 6.45) is 2.32. The number of carbonyl (C=O) groups excluding carboxylic acids is 1. The Kier molecular flexibility index (Phi) is 5.17. The normalized spacial score (nSPS) is 13.7. The van der Waals surface area contributed by atoms with Crippen molar-refractivity contribution in [2.45, 2.75) is 39.7 Å². The van der Waals surface area contributed by atoms with Gasteiger partial charge in [-0.2, -0.15) is 0 Å². The smallest absolute Gasteiger partial charge is 0.320 e. The minimum absolute atomic E-state index is 0.0410. The average molecular weight is 360 g/mol. The van der Waals surface area contributed by atoms with E-state index in [1.54, 1.807) is 22.6 Å². The number of thiazole rings is 1. The number of aromatic nitrogens is 3. The summed E-state index contributed by atoms with van der Waals surface area (Å²) in [5, 5.41) is 6.20. The Morgan fingerprint density at radius 2 is 2.24 bits per heavy atom. The Bertz CT molecular complexity index is 759. The fraction of sp³-hybridized carbons (Fsp3) is 0.529. The standard InChI is InChI=1S/C17H24N6OS/c1-5-22(4)17(24)23-7-6-13-12(8-23)15(19-10-18-13)21-16-20-14(9-25-16)11(2)3/h9-11H,5-8H2,1-4H3,(H,18,19,20,21). The monoisotopic (exact) mass is 360 g/mol. The summed E-state index contributed by atoms with van der Waals surface area (Å²) in [6.45, 7) is 8.11. The molecule has 134 valence electrons. The summed E-state index contributed by atoms with van der Waals surface area (Å²) >= 11 is 1.57. The molecule has 0 bridgehead atoms. The van der Waals surface area contributed by atoms with Crippen LogP contribution in [0.4, 0.5) is 15.7 Å². The third-order valence-electron chi connectivity index (χ3n) is 4.41. The van der Waals surface area contributed by atoms with Crippen molar-refractivity contribution in [1.82, 2.24) is 24.8 Å². The predicted octanol–water partition coefficient (Wildman–Crippen LogP) is 3.23. The zero-order valence-electron chi connectivity index (χ0n) is 15.1. The average Bonchev–Trinajstić information content (AvgIpc) is 3.09. The van der Waals surface area contributed by atoms with Gasteiger partial charge in [0.15, 0.2) is 5.13 Å². The van der Waals surface area contributed by atoms with Gasteiger partial charge in [0.1, 0.15) is 12.1 Å². The maximum absolute atomic E-state index is 12.5. The third kappa shape index (κ3) is 3.73. The zero-order chi connectivity index (χ0) is 18.0. The molecule has 1 N–H and O–H groups in total. The number of hydrogen-bond donors (Lipinski definition) is 1. The van der Waals surface area contributed by atoms with Gasteiger partial charge in [0.05, 0.1) is 17.9 Å². The number of hydrogen-bond acceptors (Lipinski definition) is 6. The van der Waals surface area contributed by atoms with Crippen molar-refractivity contribution in [2.75, 3.05) is 25.5 Å². The fourth-order valence-corrected chi connectivity index (χ4v) is 3.57. The summed E-state index contributed by atoms with van der Waals surface area (Å²) in [7, 11) is 1.82. The molecule has 7 nitrogen and oxygen atoms in total. The second kappa shape index (κ2) is 7.35. The number of nitrogens with zero attached hydrogens (tertiary/aromatic N) is 5. The lowest BCUT2D eigenvalue weighted by Gasteiger charge is -2.32. The maximum Gasteiger partial charge on any atom is 0.320 e. The largest absolute Gasteiger partial charge is 0.328 e. The molecule has 0 atom stereocenters. The fourth-order valence-electron chi connectivity index (χ4n) is 2.70. The van der Waals surface area contributed by atoms with Crippen LogP contribution in [0.2, 0.25) is 0 Å². The molecule has 0 aliphatic carbocycles. The third-order valence-corrected chi connectivity index (χ3v) is 5.19. The molecule has 8 heteroatoms. The van der Waals surface area contributed by atoms with Crippen LogP contribution >= 0.6 is 11.3 Å². The predicted molar refractivity (Wildman–Crippen MR) is 99.3 cm³/mol. The van der Waals surface area contributed by atoms with Crippen molar-refractivity contribution in [1.29, 1.82) is 0 Å². The molecule has 0 saturated heterocycles. The molecule has 0 spiro atoms. The maximum atomic E-state index is 12.5. The van der Waals surface area contributed by atoms with Crippen molar-refractivity contribution in [3.63, 3.8) is 0 Å². The summed E-state index contributed by atoms with van der Waals surface area (Å²) < 4.78 is 0. The van der Waals surface area contributed by atoms with Gasteiger partial charge in [-0.15, -0.1) is 11.3 Å². The first kappa shape index (κ1) is 17.6.